The zero-order valence-corrected chi connectivity index (χ0v) is 14.4. The topological polar surface area (TPSA) is 67.4 Å². The molecule has 5 heteroatoms. The summed E-state index contributed by atoms with van der Waals surface area (Å²) in [4.78, 5) is 23.7. The Hall–Kier alpha value is -1.26. The van der Waals surface area contributed by atoms with E-state index in [2.05, 4.69) is 24.5 Å². The number of methoxy groups -OCH3 is 1. The number of hydrogen-bond acceptors (Lipinski definition) is 3. The van der Waals surface area contributed by atoms with Crippen LogP contribution in [0.25, 0.3) is 0 Å². The van der Waals surface area contributed by atoms with E-state index in [0.29, 0.717) is 5.92 Å². The van der Waals surface area contributed by atoms with Gasteiger partial charge in [0.1, 0.15) is 6.04 Å². The van der Waals surface area contributed by atoms with Crippen molar-refractivity contribution in [3.05, 3.63) is 0 Å². The van der Waals surface area contributed by atoms with Gasteiger partial charge in [-0.1, -0.05) is 47.0 Å². The average Bonchev–Trinajstić information content (AvgIpc) is 2.42. The summed E-state index contributed by atoms with van der Waals surface area (Å²) in [6, 6.07) is -0.801. The molecule has 0 saturated heterocycles. The minimum absolute atomic E-state index is 0.0412. The number of hydrogen-bond donors (Lipinski definition) is 2. The van der Waals surface area contributed by atoms with Crippen molar-refractivity contribution in [1.82, 2.24) is 10.6 Å². The maximum atomic E-state index is 12.0. The lowest BCUT2D eigenvalue weighted by atomic mass is 9.99. The summed E-state index contributed by atoms with van der Waals surface area (Å²) in [6.45, 7) is 10.3. The number of rotatable bonds is 9. The third-order valence-electron chi connectivity index (χ3n) is 3.75. The van der Waals surface area contributed by atoms with Crippen LogP contribution < -0.4 is 10.6 Å². The van der Waals surface area contributed by atoms with Crippen LogP contribution >= 0.6 is 0 Å². The SMILES string of the molecule is CC[C@@H](C)[C@H](NC(=O)N[C@@H](C)CCCC(C)C)C(=O)OC. The second-order valence-electron chi connectivity index (χ2n) is 6.23. The highest BCUT2D eigenvalue weighted by atomic mass is 16.5. The molecule has 0 rings (SSSR count). The molecule has 124 valence electrons. The molecule has 0 spiro atoms. The Bertz CT molecular complexity index is 319. The number of nitrogens with one attached hydrogen (secondary N) is 2. The summed E-state index contributed by atoms with van der Waals surface area (Å²) in [5, 5.41) is 5.61. The van der Waals surface area contributed by atoms with Gasteiger partial charge in [0.2, 0.25) is 0 Å². The number of carbonyl (C=O) groups excluding carboxylic acids is 2. The largest absolute Gasteiger partial charge is 0.467 e. The van der Waals surface area contributed by atoms with Crippen molar-refractivity contribution in [3.63, 3.8) is 0 Å². The summed E-state index contributed by atoms with van der Waals surface area (Å²) < 4.78 is 4.75. The summed E-state index contributed by atoms with van der Waals surface area (Å²) in [5.41, 5.74) is 0. The standard InChI is InChI=1S/C16H32N2O3/c1-7-12(4)14(15(19)21-6)18-16(20)17-13(5)10-8-9-11(2)3/h11-14H,7-10H2,1-6H3,(H2,17,18,20)/t12-,13+,14+/m1/s1. The van der Waals surface area contributed by atoms with Gasteiger partial charge in [-0.3, -0.25) is 0 Å². The van der Waals surface area contributed by atoms with Crippen LogP contribution in [0.4, 0.5) is 4.79 Å². The molecule has 0 radical (unpaired) electrons. The second kappa shape index (κ2) is 10.5. The number of esters is 1. The van der Waals surface area contributed by atoms with Crippen molar-refractivity contribution in [2.24, 2.45) is 11.8 Å². The first-order valence-electron chi connectivity index (χ1n) is 7.96. The molecule has 21 heavy (non-hydrogen) atoms. The van der Waals surface area contributed by atoms with Crippen LogP contribution in [-0.2, 0) is 9.53 Å². The third-order valence-corrected chi connectivity index (χ3v) is 3.75. The van der Waals surface area contributed by atoms with Crippen molar-refractivity contribution in [1.29, 1.82) is 0 Å². The fourth-order valence-electron chi connectivity index (χ4n) is 2.11. The lowest BCUT2D eigenvalue weighted by Crippen LogP contribution is -2.51. The normalized spacial score (nSPS) is 15.2. The minimum atomic E-state index is -0.595. The lowest BCUT2D eigenvalue weighted by Gasteiger charge is -2.23. The molecule has 0 aliphatic carbocycles. The van der Waals surface area contributed by atoms with Crippen LogP contribution in [0.1, 0.15) is 60.3 Å². The average molecular weight is 300 g/mol. The van der Waals surface area contributed by atoms with E-state index in [-0.39, 0.29) is 18.0 Å². The van der Waals surface area contributed by atoms with Crippen LogP contribution in [0.2, 0.25) is 0 Å². The van der Waals surface area contributed by atoms with Crippen LogP contribution in [0, 0.1) is 11.8 Å². The molecule has 3 atom stereocenters. The second-order valence-corrected chi connectivity index (χ2v) is 6.23. The van der Waals surface area contributed by atoms with E-state index >= 15 is 0 Å². The molecule has 0 aliphatic heterocycles. The Balaban J connectivity index is 4.27. The highest BCUT2D eigenvalue weighted by Gasteiger charge is 2.26. The predicted octanol–water partition coefficient (Wildman–Crippen LogP) is 3.09. The molecule has 2 N–H and O–H groups in total. The Morgan fingerprint density at radius 2 is 1.67 bits per heavy atom. The first-order chi connectivity index (χ1) is 9.81. The molecule has 0 fully saturated rings. The number of urea groups is 1. The van der Waals surface area contributed by atoms with Gasteiger partial charge in [-0.25, -0.2) is 9.59 Å². The molecular formula is C16H32N2O3. The maximum absolute atomic E-state index is 12.0. The van der Waals surface area contributed by atoms with Crippen LogP contribution in [0.15, 0.2) is 0 Å². The summed E-state index contributed by atoms with van der Waals surface area (Å²) >= 11 is 0. The van der Waals surface area contributed by atoms with E-state index < -0.39 is 12.0 Å². The van der Waals surface area contributed by atoms with Gasteiger partial charge in [0.05, 0.1) is 7.11 Å². The van der Waals surface area contributed by atoms with Gasteiger partial charge in [0.25, 0.3) is 0 Å². The summed E-state index contributed by atoms with van der Waals surface area (Å²) in [7, 11) is 1.34. The first kappa shape index (κ1) is 19.7. The Morgan fingerprint density at radius 1 is 1.05 bits per heavy atom. The van der Waals surface area contributed by atoms with E-state index in [0.717, 1.165) is 25.7 Å². The van der Waals surface area contributed by atoms with Gasteiger partial charge in [-0.15, -0.1) is 0 Å². The first-order valence-corrected chi connectivity index (χ1v) is 7.96. The van der Waals surface area contributed by atoms with E-state index in [9.17, 15) is 9.59 Å². The van der Waals surface area contributed by atoms with Gasteiger partial charge in [0, 0.05) is 6.04 Å². The van der Waals surface area contributed by atoms with Gasteiger partial charge in [-0.2, -0.15) is 0 Å². The Kier molecular flexibility index (Phi) is 9.84. The van der Waals surface area contributed by atoms with Crippen molar-refractivity contribution in [2.45, 2.75) is 72.4 Å². The van der Waals surface area contributed by atoms with Crippen molar-refractivity contribution < 1.29 is 14.3 Å². The molecule has 0 aliphatic rings. The number of carbonyl (C=O) groups is 2. The van der Waals surface area contributed by atoms with Crippen molar-refractivity contribution >= 4 is 12.0 Å². The molecule has 0 unspecified atom stereocenters. The Morgan fingerprint density at radius 3 is 2.14 bits per heavy atom. The zero-order chi connectivity index (χ0) is 16.4. The minimum Gasteiger partial charge on any atom is -0.467 e. The fourth-order valence-corrected chi connectivity index (χ4v) is 2.11. The van der Waals surface area contributed by atoms with E-state index in [4.69, 9.17) is 4.74 Å². The molecule has 2 amide bonds. The van der Waals surface area contributed by atoms with Crippen LogP contribution in [0.3, 0.4) is 0 Å². The number of amides is 2. The smallest absolute Gasteiger partial charge is 0.328 e. The molecule has 5 nitrogen and oxygen atoms in total. The van der Waals surface area contributed by atoms with E-state index in [1.54, 1.807) is 0 Å². The quantitative estimate of drug-likeness (QED) is 0.643. The zero-order valence-electron chi connectivity index (χ0n) is 14.4. The molecule has 0 aromatic carbocycles. The Labute approximate surface area is 129 Å². The number of ether oxygens (including phenoxy) is 1. The molecule has 0 bridgehead atoms. The highest BCUT2D eigenvalue weighted by molar-refractivity contribution is 5.83. The van der Waals surface area contributed by atoms with Crippen molar-refractivity contribution in [2.75, 3.05) is 7.11 Å². The lowest BCUT2D eigenvalue weighted by molar-refractivity contribution is -0.144. The van der Waals surface area contributed by atoms with Crippen LogP contribution in [-0.4, -0.2) is 31.2 Å². The maximum Gasteiger partial charge on any atom is 0.328 e. The highest BCUT2D eigenvalue weighted by Crippen LogP contribution is 2.10. The van der Waals surface area contributed by atoms with Crippen molar-refractivity contribution in [3.8, 4) is 0 Å². The van der Waals surface area contributed by atoms with Gasteiger partial charge >= 0.3 is 12.0 Å². The van der Waals surface area contributed by atoms with Gasteiger partial charge in [0.15, 0.2) is 0 Å². The molecule has 0 heterocycles. The molecular weight excluding hydrogens is 268 g/mol. The molecule has 0 aromatic rings. The van der Waals surface area contributed by atoms with E-state index in [1.165, 1.54) is 7.11 Å². The predicted molar refractivity (Wildman–Crippen MR) is 85.1 cm³/mol. The summed E-state index contributed by atoms with van der Waals surface area (Å²) in [6.07, 6.45) is 3.98. The fraction of sp³-hybridized carbons (Fsp3) is 0.875. The third kappa shape index (κ3) is 8.58. The molecule has 0 aromatic heterocycles. The van der Waals surface area contributed by atoms with Gasteiger partial charge in [-0.05, 0) is 25.2 Å². The summed E-state index contributed by atoms with van der Waals surface area (Å²) in [5.74, 6) is 0.326. The van der Waals surface area contributed by atoms with E-state index in [1.807, 2.05) is 20.8 Å². The molecule has 0 saturated carbocycles. The monoisotopic (exact) mass is 300 g/mol. The van der Waals surface area contributed by atoms with Crippen LogP contribution in [0.5, 0.6) is 0 Å². The van der Waals surface area contributed by atoms with Gasteiger partial charge < -0.3 is 15.4 Å².